The summed E-state index contributed by atoms with van der Waals surface area (Å²) in [7, 11) is -3.63. The number of hydrogen-bond acceptors (Lipinski definition) is 4. The van der Waals surface area contributed by atoms with Gasteiger partial charge in [-0.05, 0) is 31.5 Å². The lowest BCUT2D eigenvalue weighted by atomic mass is 10.2. The summed E-state index contributed by atoms with van der Waals surface area (Å²) in [5, 5.41) is 0. The number of esters is 1. The number of benzene rings is 2. The molecule has 0 atom stereocenters. The zero-order valence-corrected chi connectivity index (χ0v) is 13.9. The average molecular weight is 333 g/mol. The zero-order chi connectivity index (χ0) is 16.9. The van der Waals surface area contributed by atoms with Crippen LogP contribution >= 0.6 is 0 Å². The molecule has 0 aliphatic heterocycles. The Morgan fingerprint density at radius 1 is 1.13 bits per heavy atom. The van der Waals surface area contributed by atoms with Crippen molar-refractivity contribution < 1.29 is 17.9 Å². The Morgan fingerprint density at radius 2 is 1.87 bits per heavy atom. The molecule has 0 unspecified atom stereocenters. The number of carbonyl (C=O) groups excluding carboxylic acids is 1. The highest BCUT2D eigenvalue weighted by atomic mass is 32.2. The molecule has 6 heteroatoms. The number of nitrogens with one attached hydrogen (secondary N) is 1. The highest BCUT2D eigenvalue weighted by molar-refractivity contribution is 7.91. The first-order valence-corrected chi connectivity index (χ1v) is 8.88. The summed E-state index contributed by atoms with van der Waals surface area (Å²) >= 11 is 0. The second-order valence-electron chi connectivity index (χ2n) is 5.12. The van der Waals surface area contributed by atoms with E-state index in [2.05, 4.69) is 4.72 Å². The van der Waals surface area contributed by atoms with E-state index in [4.69, 9.17) is 4.74 Å². The van der Waals surface area contributed by atoms with Crippen LogP contribution in [0.15, 0.2) is 48.5 Å². The maximum absolute atomic E-state index is 12.4. The molecule has 122 valence electrons. The van der Waals surface area contributed by atoms with Gasteiger partial charge in [0.05, 0.1) is 23.6 Å². The van der Waals surface area contributed by atoms with Crippen LogP contribution in [0.1, 0.15) is 28.4 Å². The fourth-order valence-corrected chi connectivity index (χ4v) is 3.39. The van der Waals surface area contributed by atoms with Crippen molar-refractivity contribution >= 4 is 21.7 Å². The smallest absolute Gasteiger partial charge is 0.340 e. The average Bonchev–Trinajstić information content (AvgIpc) is 2.47. The Balaban J connectivity index is 2.22. The minimum atomic E-state index is -3.63. The summed E-state index contributed by atoms with van der Waals surface area (Å²) in [6.07, 6.45) is 0. The highest BCUT2D eigenvalue weighted by Crippen LogP contribution is 2.19. The van der Waals surface area contributed by atoms with Gasteiger partial charge in [-0.1, -0.05) is 42.0 Å². The van der Waals surface area contributed by atoms with Gasteiger partial charge in [0.15, 0.2) is 0 Å². The third-order valence-electron chi connectivity index (χ3n) is 3.13. The van der Waals surface area contributed by atoms with E-state index in [9.17, 15) is 13.2 Å². The molecule has 2 aromatic rings. The summed E-state index contributed by atoms with van der Waals surface area (Å²) < 4.78 is 32.1. The number of hydrogen-bond donors (Lipinski definition) is 1. The minimum Gasteiger partial charge on any atom is -0.462 e. The van der Waals surface area contributed by atoms with Crippen molar-refractivity contribution in [3.63, 3.8) is 0 Å². The normalized spacial score (nSPS) is 11.0. The standard InChI is InChI=1S/C17H19NO4S/c1-3-22-17(19)15-9-4-5-10-16(15)18-23(20,21)12-14-8-6-7-13(2)11-14/h4-11,18H,3,12H2,1-2H3. The van der Waals surface area contributed by atoms with Gasteiger partial charge in [0.25, 0.3) is 0 Å². The molecule has 0 saturated carbocycles. The zero-order valence-electron chi connectivity index (χ0n) is 13.1. The van der Waals surface area contributed by atoms with Crippen LogP contribution in [0.25, 0.3) is 0 Å². The monoisotopic (exact) mass is 333 g/mol. The topological polar surface area (TPSA) is 72.5 Å². The summed E-state index contributed by atoms with van der Waals surface area (Å²) in [5.41, 5.74) is 2.09. The summed E-state index contributed by atoms with van der Waals surface area (Å²) in [4.78, 5) is 11.9. The molecule has 0 saturated heterocycles. The van der Waals surface area contributed by atoms with Crippen LogP contribution in [0.3, 0.4) is 0 Å². The Bertz CT molecular complexity index is 800. The predicted octanol–water partition coefficient (Wildman–Crippen LogP) is 3.11. The van der Waals surface area contributed by atoms with E-state index >= 15 is 0 Å². The van der Waals surface area contributed by atoms with E-state index in [1.54, 1.807) is 31.2 Å². The maximum Gasteiger partial charge on any atom is 0.340 e. The molecule has 2 rings (SSSR count). The Hall–Kier alpha value is -2.34. The molecular weight excluding hydrogens is 314 g/mol. The quantitative estimate of drug-likeness (QED) is 0.825. The number of aryl methyl sites for hydroxylation is 1. The number of anilines is 1. The van der Waals surface area contributed by atoms with E-state index in [1.807, 2.05) is 25.1 Å². The summed E-state index contributed by atoms with van der Waals surface area (Å²) in [5.74, 6) is -0.715. The van der Waals surface area contributed by atoms with Crippen molar-refractivity contribution in [2.75, 3.05) is 11.3 Å². The molecule has 23 heavy (non-hydrogen) atoms. The van der Waals surface area contributed by atoms with Crippen molar-refractivity contribution in [3.8, 4) is 0 Å². The second kappa shape index (κ2) is 7.28. The van der Waals surface area contributed by atoms with Gasteiger partial charge in [-0.25, -0.2) is 13.2 Å². The lowest BCUT2D eigenvalue weighted by molar-refractivity contribution is 0.0527. The van der Waals surface area contributed by atoms with E-state index in [0.29, 0.717) is 5.56 Å². The van der Waals surface area contributed by atoms with Crippen molar-refractivity contribution in [1.29, 1.82) is 0 Å². The van der Waals surface area contributed by atoms with E-state index < -0.39 is 16.0 Å². The van der Waals surface area contributed by atoms with Crippen LogP contribution in [0, 0.1) is 6.92 Å². The van der Waals surface area contributed by atoms with Crippen LogP contribution in [-0.2, 0) is 20.5 Å². The summed E-state index contributed by atoms with van der Waals surface area (Å²) in [6, 6.07) is 13.7. The van der Waals surface area contributed by atoms with Gasteiger partial charge in [0.1, 0.15) is 0 Å². The molecule has 0 aliphatic carbocycles. The van der Waals surface area contributed by atoms with Crippen molar-refractivity contribution in [2.24, 2.45) is 0 Å². The first-order valence-electron chi connectivity index (χ1n) is 7.23. The Kier molecular flexibility index (Phi) is 5.39. The lowest BCUT2D eigenvalue weighted by Gasteiger charge is -2.12. The van der Waals surface area contributed by atoms with Crippen LogP contribution in [0.2, 0.25) is 0 Å². The third-order valence-corrected chi connectivity index (χ3v) is 4.37. The van der Waals surface area contributed by atoms with Crippen LogP contribution < -0.4 is 4.72 Å². The SMILES string of the molecule is CCOC(=O)c1ccccc1NS(=O)(=O)Cc1cccc(C)c1. The molecule has 0 amide bonds. The number of sulfonamides is 1. The van der Waals surface area contributed by atoms with E-state index in [0.717, 1.165) is 5.56 Å². The number of para-hydroxylation sites is 1. The Labute approximate surface area is 136 Å². The fourth-order valence-electron chi connectivity index (χ4n) is 2.18. The molecule has 0 bridgehead atoms. The second-order valence-corrected chi connectivity index (χ2v) is 6.84. The molecule has 0 fully saturated rings. The molecular formula is C17H19NO4S. The lowest BCUT2D eigenvalue weighted by Crippen LogP contribution is -2.18. The molecule has 0 spiro atoms. The molecule has 1 N–H and O–H groups in total. The maximum atomic E-state index is 12.4. The molecule has 2 aromatic carbocycles. The number of ether oxygens (including phenoxy) is 1. The van der Waals surface area contributed by atoms with Gasteiger partial charge in [-0.15, -0.1) is 0 Å². The van der Waals surface area contributed by atoms with Gasteiger partial charge in [-0.3, -0.25) is 4.72 Å². The van der Waals surface area contributed by atoms with Gasteiger partial charge >= 0.3 is 5.97 Å². The molecule has 0 aromatic heterocycles. The van der Waals surface area contributed by atoms with Crippen molar-refractivity contribution in [1.82, 2.24) is 0 Å². The van der Waals surface area contributed by atoms with Crippen LogP contribution in [0.5, 0.6) is 0 Å². The highest BCUT2D eigenvalue weighted by Gasteiger charge is 2.17. The first-order chi connectivity index (χ1) is 10.9. The van der Waals surface area contributed by atoms with Crippen LogP contribution in [-0.4, -0.2) is 21.0 Å². The summed E-state index contributed by atoms with van der Waals surface area (Å²) in [6.45, 7) is 3.82. The number of carbonyl (C=O) groups is 1. The largest absolute Gasteiger partial charge is 0.462 e. The first kappa shape index (κ1) is 17.0. The minimum absolute atomic E-state index is 0.161. The number of rotatable bonds is 6. The van der Waals surface area contributed by atoms with Crippen molar-refractivity contribution in [2.45, 2.75) is 19.6 Å². The van der Waals surface area contributed by atoms with Gasteiger partial charge in [0.2, 0.25) is 10.0 Å². The van der Waals surface area contributed by atoms with E-state index in [-0.39, 0.29) is 23.6 Å². The molecule has 0 heterocycles. The van der Waals surface area contributed by atoms with Gasteiger partial charge < -0.3 is 4.74 Å². The van der Waals surface area contributed by atoms with E-state index in [1.165, 1.54) is 6.07 Å². The van der Waals surface area contributed by atoms with Gasteiger partial charge in [0, 0.05) is 0 Å². The van der Waals surface area contributed by atoms with Crippen molar-refractivity contribution in [3.05, 3.63) is 65.2 Å². The van der Waals surface area contributed by atoms with Crippen LogP contribution in [0.4, 0.5) is 5.69 Å². The van der Waals surface area contributed by atoms with Gasteiger partial charge in [-0.2, -0.15) is 0 Å². The Morgan fingerprint density at radius 3 is 2.57 bits per heavy atom. The molecule has 5 nitrogen and oxygen atoms in total. The predicted molar refractivity (Wildman–Crippen MR) is 89.8 cm³/mol. The fraction of sp³-hybridized carbons (Fsp3) is 0.235. The molecule has 0 aliphatic rings. The molecule has 0 radical (unpaired) electrons. The third kappa shape index (κ3) is 4.82.